The van der Waals surface area contributed by atoms with Gasteiger partial charge in [-0.1, -0.05) is 12.1 Å². The molecule has 0 spiro atoms. The second-order valence-electron chi connectivity index (χ2n) is 5.12. The molecule has 1 unspecified atom stereocenters. The van der Waals surface area contributed by atoms with Gasteiger partial charge in [-0.05, 0) is 36.8 Å². The largest absolute Gasteiger partial charge is 0.467 e. The summed E-state index contributed by atoms with van der Waals surface area (Å²) in [6.07, 6.45) is 0.754. The molecule has 0 radical (unpaired) electrons. The number of benzene rings is 1. The smallest absolute Gasteiger partial charge is 0.387 e. The average Bonchev–Trinajstić information content (AvgIpc) is 3.10. The summed E-state index contributed by atoms with van der Waals surface area (Å²) < 4.78 is 33.8. The number of halogens is 2. The van der Waals surface area contributed by atoms with Crippen LogP contribution in [0.4, 0.5) is 8.78 Å². The molecule has 6 nitrogen and oxygen atoms in total. The number of guanidine groups is 1. The highest BCUT2D eigenvalue weighted by Crippen LogP contribution is 2.18. The zero-order valence-corrected chi connectivity index (χ0v) is 13.8. The highest BCUT2D eigenvalue weighted by atomic mass is 19.3. The van der Waals surface area contributed by atoms with Gasteiger partial charge < -0.3 is 24.9 Å². The normalized spacial score (nSPS) is 12.9. The van der Waals surface area contributed by atoms with E-state index in [4.69, 9.17) is 4.42 Å². The van der Waals surface area contributed by atoms with Gasteiger partial charge >= 0.3 is 6.61 Å². The molecular weight excluding hydrogens is 332 g/mol. The fourth-order valence-electron chi connectivity index (χ4n) is 2.08. The average molecular weight is 353 g/mol. The van der Waals surface area contributed by atoms with Crippen molar-refractivity contribution in [3.8, 4) is 5.75 Å². The molecule has 0 saturated carbocycles. The van der Waals surface area contributed by atoms with Crippen molar-refractivity contribution in [1.29, 1.82) is 0 Å². The number of rotatable bonds is 8. The molecule has 136 valence electrons. The fraction of sp³-hybridized carbons (Fsp3) is 0.353. The number of alkyl halides is 2. The molecular formula is C17H21F2N3O3. The highest BCUT2D eigenvalue weighted by Gasteiger charge is 2.10. The Hall–Kier alpha value is -2.61. The summed E-state index contributed by atoms with van der Waals surface area (Å²) in [4.78, 5) is 4.35. The summed E-state index contributed by atoms with van der Waals surface area (Å²) in [5, 5.41) is 16.3. The molecule has 0 amide bonds. The van der Waals surface area contributed by atoms with Gasteiger partial charge in [0, 0.05) is 13.1 Å². The monoisotopic (exact) mass is 353 g/mol. The molecule has 1 aromatic carbocycles. The van der Waals surface area contributed by atoms with Crippen molar-refractivity contribution in [2.24, 2.45) is 4.99 Å². The van der Waals surface area contributed by atoms with Gasteiger partial charge in [0.15, 0.2) is 5.96 Å². The van der Waals surface area contributed by atoms with Crippen LogP contribution in [0.25, 0.3) is 0 Å². The first kappa shape index (κ1) is 18.7. The number of ether oxygens (including phenoxy) is 1. The van der Waals surface area contributed by atoms with Crippen LogP contribution in [0, 0.1) is 0 Å². The van der Waals surface area contributed by atoms with Crippen LogP contribution in [0.5, 0.6) is 5.75 Å². The van der Waals surface area contributed by atoms with Crippen LogP contribution in [0.15, 0.2) is 52.1 Å². The second-order valence-corrected chi connectivity index (χ2v) is 5.12. The quantitative estimate of drug-likeness (QED) is 0.502. The zero-order valence-electron chi connectivity index (χ0n) is 13.8. The van der Waals surface area contributed by atoms with Gasteiger partial charge in [-0.2, -0.15) is 8.78 Å². The van der Waals surface area contributed by atoms with E-state index in [0.29, 0.717) is 24.6 Å². The maximum atomic E-state index is 12.1. The Bertz CT molecular complexity index is 646. The number of hydrogen-bond acceptors (Lipinski definition) is 4. The van der Waals surface area contributed by atoms with Crippen molar-refractivity contribution in [3.63, 3.8) is 0 Å². The minimum Gasteiger partial charge on any atom is -0.467 e. The van der Waals surface area contributed by atoms with Gasteiger partial charge in [0.05, 0.1) is 12.4 Å². The van der Waals surface area contributed by atoms with Gasteiger partial charge in [-0.25, -0.2) is 4.99 Å². The second kappa shape index (κ2) is 9.63. The van der Waals surface area contributed by atoms with Crippen LogP contribution in [-0.4, -0.2) is 30.8 Å². The number of aliphatic imine (C=N–C) groups is 1. The van der Waals surface area contributed by atoms with Crippen LogP contribution in [0.1, 0.15) is 24.4 Å². The predicted molar refractivity (Wildman–Crippen MR) is 89.6 cm³/mol. The molecule has 0 aliphatic carbocycles. The maximum Gasteiger partial charge on any atom is 0.387 e. The van der Waals surface area contributed by atoms with Gasteiger partial charge in [0.25, 0.3) is 0 Å². The maximum absolute atomic E-state index is 12.1. The van der Waals surface area contributed by atoms with Crippen molar-refractivity contribution < 1.29 is 23.0 Å². The van der Waals surface area contributed by atoms with Crippen molar-refractivity contribution >= 4 is 5.96 Å². The molecule has 2 rings (SSSR count). The molecule has 25 heavy (non-hydrogen) atoms. The fourth-order valence-corrected chi connectivity index (χ4v) is 2.08. The van der Waals surface area contributed by atoms with Gasteiger partial charge in [-0.3, -0.25) is 0 Å². The number of hydrogen-bond donors (Lipinski definition) is 3. The van der Waals surface area contributed by atoms with E-state index < -0.39 is 12.7 Å². The molecule has 2 aromatic rings. The number of furan rings is 1. The van der Waals surface area contributed by atoms with E-state index in [0.717, 1.165) is 5.76 Å². The molecule has 1 heterocycles. The van der Waals surface area contributed by atoms with Gasteiger partial charge in [0.2, 0.25) is 0 Å². The van der Waals surface area contributed by atoms with Crippen LogP contribution >= 0.6 is 0 Å². The Kier molecular flexibility index (Phi) is 7.21. The summed E-state index contributed by atoms with van der Waals surface area (Å²) in [7, 11) is 0. The molecule has 0 bridgehead atoms. The Morgan fingerprint density at radius 2 is 2.00 bits per heavy atom. The van der Waals surface area contributed by atoms with Crippen molar-refractivity contribution in [2.75, 3.05) is 13.1 Å². The lowest BCUT2D eigenvalue weighted by atomic mass is 10.1. The molecule has 0 aliphatic heterocycles. The van der Waals surface area contributed by atoms with E-state index in [1.807, 2.05) is 13.0 Å². The molecule has 3 N–H and O–H groups in total. The third-order valence-corrected chi connectivity index (χ3v) is 3.27. The number of nitrogens with one attached hydrogen (secondary N) is 2. The first-order valence-corrected chi connectivity index (χ1v) is 7.86. The first-order chi connectivity index (χ1) is 12.1. The molecule has 0 aliphatic rings. The van der Waals surface area contributed by atoms with E-state index in [1.54, 1.807) is 12.3 Å². The topological polar surface area (TPSA) is 79.0 Å². The Morgan fingerprint density at radius 3 is 2.60 bits per heavy atom. The molecule has 8 heteroatoms. The summed E-state index contributed by atoms with van der Waals surface area (Å²) in [6, 6.07) is 9.47. The Labute approximate surface area is 144 Å². The van der Waals surface area contributed by atoms with Crippen molar-refractivity contribution in [1.82, 2.24) is 10.6 Å². The molecule has 0 fully saturated rings. The Morgan fingerprint density at radius 1 is 1.24 bits per heavy atom. The molecule has 0 saturated heterocycles. The molecule has 1 aromatic heterocycles. The highest BCUT2D eigenvalue weighted by molar-refractivity contribution is 5.79. The van der Waals surface area contributed by atoms with E-state index in [9.17, 15) is 13.9 Å². The summed E-state index contributed by atoms with van der Waals surface area (Å²) in [5.41, 5.74) is 0.580. The minimum absolute atomic E-state index is 0.0484. The SMILES string of the molecule is CCNC(=NCc1ccco1)NCC(O)c1ccc(OC(F)F)cc1. The van der Waals surface area contributed by atoms with Gasteiger partial charge in [0.1, 0.15) is 18.1 Å². The van der Waals surface area contributed by atoms with Crippen LogP contribution in [0.3, 0.4) is 0 Å². The summed E-state index contributed by atoms with van der Waals surface area (Å²) in [6.45, 7) is 0.310. The third kappa shape index (κ3) is 6.42. The minimum atomic E-state index is -2.87. The zero-order chi connectivity index (χ0) is 18.1. The third-order valence-electron chi connectivity index (χ3n) is 3.27. The molecule has 1 atom stereocenters. The van der Waals surface area contributed by atoms with Crippen molar-refractivity contribution in [3.05, 3.63) is 54.0 Å². The Balaban J connectivity index is 1.89. The number of aliphatic hydroxyl groups excluding tert-OH is 1. The van der Waals surface area contributed by atoms with E-state index in [2.05, 4.69) is 20.4 Å². The van der Waals surface area contributed by atoms with E-state index in [1.165, 1.54) is 24.3 Å². The predicted octanol–water partition coefficient (Wildman–Crippen LogP) is 2.67. The first-order valence-electron chi connectivity index (χ1n) is 7.86. The standard InChI is InChI=1S/C17H21F2N3O3/c1-2-20-17(21-10-14-4-3-9-24-14)22-11-15(23)12-5-7-13(8-6-12)25-16(18)19/h3-9,15-16,23H,2,10-11H2,1H3,(H2,20,21,22). The summed E-state index contributed by atoms with van der Waals surface area (Å²) >= 11 is 0. The van der Waals surface area contributed by atoms with Crippen LogP contribution in [-0.2, 0) is 6.54 Å². The number of aliphatic hydroxyl groups is 1. The van der Waals surface area contributed by atoms with Crippen LogP contribution in [0.2, 0.25) is 0 Å². The van der Waals surface area contributed by atoms with Gasteiger partial charge in [-0.15, -0.1) is 0 Å². The van der Waals surface area contributed by atoms with Crippen LogP contribution < -0.4 is 15.4 Å². The lowest BCUT2D eigenvalue weighted by Crippen LogP contribution is -2.39. The number of nitrogens with zero attached hydrogens (tertiary/aromatic N) is 1. The summed E-state index contributed by atoms with van der Waals surface area (Å²) in [5.74, 6) is 1.32. The van der Waals surface area contributed by atoms with Crippen molar-refractivity contribution in [2.45, 2.75) is 26.2 Å². The van der Waals surface area contributed by atoms with E-state index >= 15 is 0 Å². The van der Waals surface area contributed by atoms with E-state index in [-0.39, 0.29) is 12.3 Å². The lowest BCUT2D eigenvalue weighted by Gasteiger charge is -2.16. The lowest BCUT2D eigenvalue weighted by molar-refractivity contribution is -0.0498.